The molecule has 0 aliphatic rings. The SMILES string of the molecule is CCN(CC)CCCC(C)NC(=NC)NCCc1nccn1Cc1ccccc1. The second-order valence-corrected chi connectivity index (χ2v) is 7.42. The molecule has 1 heterocycles. The Morgan fingerprint density at radius 2 is 1.97 bits per heavy atom. The number of benzene rings is 1. The summed E-state index contributed by atoms with van der Waals surface area (Å²) in [5.41, 5.74) is 1.29. The van der Waals surface area contributed by atoms with E-state index in [2.05, 4.69) is 75.1 Å². The third-order valence-corrected chi connectivity index (χ3v) is 5.25. The first-order valence-electron chi connectivity index (χ1n) is 10.9. The molecule has 2 rings (SSSR count). The van der Waals surface area contributed by atoms with Crippen LogP contribution in [0.1, 0.15) is 45.0 Å². The summed E-state index contributed by atoms with van der Waals surface area (Å²) in [6, 6.07) is 10.9. The topological polar surface area (TPSA) is 57.5 Å². The van der Waals surface area contributed by atoms with Gasteiger partial charge in [-0.2, -0.15) is 0 Å². The Balaban J connectivity index is 1.73. The van der Waals surface area contributed by atoms with Crippen molar-refractivity contribution in [2.45, 2.75) is 52.6 Å². The molecule has 0 amide bonds. The molecule has 0 fully saturated rings. The lowest BCUT2D eigenvalue weighted by Gasteiger charge is -2.21. The van der Waals surface area contributed by atoms with E-state index in [4.69, 9.17) is 0 Å². The molecule has 0 radical (unpaired) electrons. The van der Waals surface area contributed by atoms with Crippen LogP contribution in [0.3, 0.4) is 0 Å². The standard InChI is InChI=1S/C23H38N6/c1-5-28(6-2)17-10-11-20(3)27-23(24-4)26-15-14-22-25-16-18-29(22)19-21-12-8-7-9-13-21/h7-9,12-13,16,18,20H,5-6,10-11,14-15,17,19H2,1-4H3,(H2,24,26,27). The molecule has 2 aromatic rings. The Bertz CT molecular complexity index is 705. The summed E-state index contributed by atoms with van der Waals surface area (Å²) in [5, 5.41) is 6.93. The normalized spacial score (nSPS) is 12.9. The minimum absolute atomic E-state index is 0.400. The van der Waals surface area contributed by atoms with E-state index in [9.17, 15) is 0 Å². The zero-order valence-electron chi connectivity index (χ0n) is 18.6. The second-order valence-electron chi connectivity index (χ2n) is 7.42. The number of nitrogens with one attached hydrogen (secondary N) is 2. The average molecular weight is 399 g/mol. The maximum Gasteiger partial charge on any atom is 0.191 e. The van der Waals surface area contributed by atoms with Crippen molar-refractivity contribution in [3.05, 3.63) is 54.1 Å². The summed E-state index contributed by atoms with van der Waals surface area (Å²) in [6.07, 6.45) is 7.12. The molecule has 0 aliphatic heterocycles. The van der Waals surface area contributed by atoms with E-state index in [1.165, 1.54) is 12.0 Å². The fourth-order valence-electron chi connectivity index (χ4n) is 3.45. The van der Waals surface area contributed by atoms with Gasteiger partial charge in [0.15, 0.2) is 5.96 Å². The Hall–Kier alpha value is -2.34. The van der Waals surface area contributed by atoms with Crippen molar-refractivity contribution in [1.29, 1.82) is 0 Å². The molecule has 0 bridgehead atoms. The molecule has 1 atom stereocenters. The van der Waals surface area contributed by atoms with Crippen LogP contribution in [0.15, 0.2) is 47.7 Å². The maximum atomic E-state index is 4.53. The minimum Gasteiger partial charge on any atom is -0.356 e. The summed E-state index contributed by atoms with van der Waals surface area (Å²) in [4.78, 5) is 11.4. The van der Waals surface area contributed by atoms with Crippen molar-refractivity contribution >= 4 is 5.96 Å². The molecule has 0 spiro atoms. The van der Waals surface area contributed by atoms with Gasteiger partial charge >= 0.3 is 0 Å². The molecule has 2 N–H and O–H groups in total. The van der Waals surface area contributed by atoms with E-state index < -0.39 is 0 Å². The first-order chi connectivity index (χ1) is 14.2. The zero-order valence-corrected chi connectivity index (χ0v) is 18.6. The lowest BCUT2D eigenvalue weighted by Crippen LogP contribution is -2.43. The van der Waals surface area contributed by atoms with Crippen LogP contribution in [0.2, 0.25) is 0 Å². The van der Waals surface area contributed by atoms with E-state index in [-0.39, 0.29) is 0 Å². The van der Waals surface area contributed by atoms with Gasteiger partial charge in [-0.05, 0) is 45.0 Å². The highest BCUT2D eigenvalue weighted by atomic mass is 15.2. The summed E-state index contributed by atoms with van der Waals surface area (Å²) >= 11 is 0. The Kier molecular flexibility index (Phi) is 10.3. The van der Waals surface area contributed by atoms with E-state index in [0.29, 0.717) is 6.04 Å². The van der Waals surface area contributed by atoms with Gasteiger partial charge < -0.3 is 20.1 Å². The number of hydrogen-bond donors (Lipinski definition) is 2. The molecule has 0 saturated heterocycles. The monoisotopic (exact) mass is 398 g/mol. The molecule has 6 heteroatoms. The average Bonchev–Trinajstić information content (AvgIpc) is 3.18. The highest BCUT2D eigenvalue weighted by molar-refractivity contribution is 5.79. The first kappa shape index (κ1) is 22.9. The van der Waals surface area contributed by atoms with Gasteiger partial charge in [0.1, 0.15) is 5.82 Å². The predicted molar refractivity (Wildman–Crippen MR) is 122 cm³/mol. The fourth-order valence-corrected chi connectivity index (χ4v) is 3.45. The van der Waals surface area contributed by atoms with Gasteiger partial charge in [0.25, 0.3) is 0 Å². The van der Waals surface area contributed by atoms with Gasteiger partial charge in [-0.15, -0.1) is 0 Å². The van der Waals surface area contributed by atoms with Crippen LogP contribution in [0.4, 0.5) is 0 Å². The molecular formula is C23H38N6. The van der Waals surface area contributed by atoms with Crippen molar-refractivity contribution in [1.82, 2.24) is 25.1 Å². The smallest absolute Gasteiger partial charge is 0.191 e. The third-order valence-electron chi connectivity index (χ3n) is 5.25. The molecule has 0 saturated carbocycles. The Morgan fingerprint density at radius 1 is 1.21 bits per heavy atom. The van der Waals surface area contributed by atoms with Crippen molar-refractivity contribution in [2.75, 3.05) is 33.2 Å². The van der Waals surface area contributed by atoms with Crippen LogP contribution in [0.25, 0.3) is 0 Å². The van der Waals surface area contributed by atoms with Crippen molar-refractivity contribution in [3.8, 4) is 0 Å². The number of hydrogen-bond acceptors (Lipinski definition) is 3. The summed E-state index contributed by atoms with van der Waals surface area (Å²) in [6.45, 7) is 11.7. The van der Waals surface area contributed by atoms with E-state index in [0.717, 1.165) is 57.3 Å². The van der Waals surface area contributed by atoms with Crippen LogP contribution in [-0.2, 0) is 13.0 Å². The second kappa shape index (κ2) is 13.0. The van der Waals surface area contributed by atoms with E-state index in [1.54, 1.807) is 0 Å². The van der Waals surface area contributed by atoms with Crippen molar-refractivity contribution in [2.24, 2.45) is 4.99 Å². The number of aromatic nitrogens is 2. The highest BCUT2D eigenvalue weighted by Gasteiger charge is 2.08. The van der Waals surface area contributed by atoms with Gasteiger partial charge in [0, 0.05) is 45.0 Å². The molecule has 29 heavy (non-hydrogen) atoms. The molecule has 160 valence electrons. The highest BCUT2D eigenvalue weighted by Crippen LogP contribution is 2.06. The maximum absolute atomic E-state index is 4.53. The predicted octanol–water partition coefficient (Wildman–Crippen LogP) is 3.15. The van der Waals surface area contributed by atoms with Gasteiger partial charge in [0.2, 0.25) is 0 Å². The van der Waals surface area contributed by atoms with Crippen LogP contribution in [0, 0.1) is 0 Å². The first-order valence-corrected chi connectivity index (χ1v) is 10.9. The van der Waals surface area contributed by atoms with Crippen molar-refractivity contribution < 1.29 is 0 Å². The quantitative estimate of drug-likeness (QED) is 0.426. The molecule has 1 aromatic carbocycles. The number of imidazole rings is 1. The fraction of sp³-hybridized carbons (Fsp3) is 0.565. The number of rotatable bonds is 12. The third kappa shape index (κ3) is 8.28. The Morgan fingerprint density at radius 3 is 2.66 bits per heavy atom. The molecule has 6 nitrogen and oxygen atoms in total. The van der Waals surface area contributed by atoms with Crippen LogP contribution in [-0.4, -0.2) is 59.7 Å². The summed E-state index contributed by atoms with van der Waals surface area (Å²) in [7, 11) is 1.83. The Labute approximate surface area is 176 Å². The number of guanidine groups is 1. The lowest BCUT2D eigenvalue weighted by atomic mass is 10.2. The minimum atomic E-state index is 0.400. The van der Waals surface area contributed by atoms with E-state index >= 15 is 0 Å². The molecule has 1 unspecified atom stereocenters. The van der Waals surface area contributed by atoms with Gasteiger partial charge in [-0.3, -0.25) is 4.99 Å². The molecular weight excluding hydrogens is 360 g/mol. The van der Waals surface area contributed by atoms with Crippen LogP contribution < -0.4 is 10.6 Å². The largest absolute Gasteiger partial charge is 0.356 e. The number of aliphatic imine (C=N–C) groups is 1. The molecule has 1 aromatic heterocycles. The summed E-state index contributed by atoms with van der Waals surface area (Å²) in [5.74, 6) is 1.95. The van der Waals surface area contributed by atoms with Gasteiger partial charge in [-0.25, -0.2) is 4.98 Å². The lowest BCUT2D eigenvalue weighted by molar-refractivity contribution is 0.292. The van der Waals surface area contributed by atoms with Gasteiger partial charge in [0.05, 0.1) is 0 Å². The van der Waals surface area contributed by atoms with E-state index in [1.807, 2.05) is 25.5 Å². The number of nitrogens with zero attached hydrogens (tertiary/aromatic N) is 4. The van der Waals surface area contributed by atoms with Crippen LogP contribution in [0.5, 0.6) is 0 Å². The van der Waals surface area contributed by atoms with Crippen molar-refractivity contribution in [3.63, 3.8) is 0 Å². The van der Waals surface area contributed by atoms with Crippen LogP contribution >= 0.6 is 0 Å². The summed E-state index contributed by atoms with van der Waals surface area (Å²) < 4.78 is 2.21. The molecule has 0 aliphatic carbocycles. The van der Waals surface area contributed by atoms with Gasteiger partial charge in [-0.1, -0.05) is 44.2 Å². The zero-order chi connectivity index (χ0) is 20.9.